The Morgan fingerprint density at radius 1 is 1.37 bits per heavy atom. The third-order valence-corrected chi connectivity index (χ3v) is 4.53. The van der Waals surface area contributed by atoms with Crippen molar-refractivity contribution in [2.24, 2.45) is 13.0 Å². The number of nitrogens with zero attached hydrogens (tertiary/aromatic N) is 3. The van der Waals surface area contributed by atoms with E-state index in [0.29, 0.717) is 17.7 Å². The van der Waals surface area contributed by atoms with Crippen LogP contribution in [0.2, 0.25) is 0 Å². The average molecular weight is 262 g/mol. The summed E-state index contributed by atoms with van der Waals surface area (Å²) in [7, 11) is 1.84. The molecule has 1 N–H and O–H groups in total. The van der Waals surface area contributed by atoms with Gasteiger partial charge in [-0.1, -0.05) is 0 Å². The van der Waals surface area contributed by atoms with Gasteiger partial charge in [0.15, 0.2) is 0 Å². The number of amides is 1. The molecule has 5 nitrogen and oxygen atoms in total. The minimum absolute atomic E-state index is 0.154. The highest BCUT2D eigenvalue weighted by Gasteiger charge is 2.36. The number of nitrogens with one attached hydrogen (secondary N) is 1. The van der Waals surface area contributed by atoms with E-state index in [-0.39, 0.29) is 5.91 Å². The van der Waals surface area contributed by atoms with Crippen molar-refractivity contribution in [3.05, 3.63) is 18.0 Å². The zero-order chi connectivity index (χ0) is 13.2. The largest absolute Gasteiger partial charge is 0.334 e. The van der Waals surface area contributed by atoms with Gasteiger partial charge in [0.25, 0.3) is 5.91 Å². The Morgan fingerprint density at radius 2 is 2.16 bits per heavy atom. The molecule has 0 saturated carbocycles. The Labute approximate surface area is 114 Å². The lowest BCUT2D eigenvalue weighted by molar-refractivity contribution is 0.0655. The summed E-state index contributed by atoms with van der Waals surface area (Å²) < 4.78 is 1.68. The average Bonchev–Trinajstić information content (AvgIpc) is 3.07. The van der Waals surface area contributed by atoms with Crippen LogP contribution >= 0.6 is 0 Å². The minimum Gasteiger partial charge on any atom is -0.334 e. The summed E-state index contributed by atoms with van der Waals surface area (Å²) in [4.78, 5) is 14.7. The maximum absolute atomic E-state index is 12.6. The van der Waals surface area contributed by atoms with Crippen LogP contribution in [0, 0.1) is 5.92 Å². The molecule has 3 rings (SSSR count). The maximum atomic E-state index is 12.6. The quantitative estimate of drug-likeness (QED) is 0.866. The van der Waals surface area contributed by atoms with Gasteiger partial charge in [0.1, 0.15) is 5.69 Å². The van der Waals surface area contributed by atoms with Gasteiger partial charge in [0.05, 0.1) is 0 Å². The van der Waals surface area contributed by atoms with Crippen molar-refractivity contribution in [3.63, 3.8) is 0 Å². The van der Waals surface area contributed by atoms with E-state index in [2.05, 4.69) is 15.3 Å². The number of aromatic nitrogens is 2. The molecule has 1 unspecified atom stereocenters. The Bertz CT molecular complexity index is 450. The van der Waals surface area contributed by atoms with E-state index in [1.807, 2.05) is 13.1 Å². The van der Waals surface area contributed by atoms with Crippen LogP contribution in [0.1, 0.15) is 36.2 Å². The first kappa shape index (κ1) is 12.7. The van der Waals surface area contributed by atoms with Gasteiger partial charge >= 0.3 is 0 Å². The summed E-state index contributed by atoms with van der Waals surface area (Å²) in [6.45, 7) is 3.09. The molecule has 19 heavy (non-hydrogen) atoms. The summed E-state index contributed by atoms with van der Waals surface area (Å²) in [5.74, 6) is 0.821. The predicted molar refractivity (Wildman–Crippen MR) is 72.9 cm³/mol. The van der Waals surface area contributed by atoms with E-state index in [0.717, 1.165) is 32.5 Å². The Balaban J connectivity index is 1.75. The lowest BCUT2D eigenvalue weighted by Crippen LogP contribution is -2.44. The van der Waals surface area contributed by atoms with Gasteiger partial charge in [-0.05, 0) is 50.8 Å². The second kappa shape index (κ2) is 5.33. The SMILES string of the molecule is Cn1nccc1C(=O)N1CCCC1C1CCNCC1. The number of likely N-dealkylation sites (tertiary alicyclic amines) is 1. The van der Waals surface area contributed by atoms with Crippen molar-refractivity contribution in [1.29, 1.82) is 0 Å². The number of hydrogen-bond donors (Lipinski definition) is 1. The molecule has 0 radical (unpaired) electrons. The molecule has 1 atom stereocenters. The van der Waals surface area contributed by atoms with Gasteiger partial charge in [-0.2, -0.15) is 5.10 Å². The van der Waals surface area contributed by atoms with Crippen molar-refractivity contribution in [2.45, 2.75) is 31.7 Å². The fraction of sp³-hybridized carbons (Fsp3) is 0.714. The summed E-state index contributed by atoms with van der Waals surface area (Å²) in [5, 5.41) is 7.51. The highest BCUT2D eigenvalue weighted by Crippen LogP contribution is 2.30. The first-order valence-corrected chi connectivity index (χ1v) is 7.27. The summed E-state index contributed by atoms with van der Waals surface area (Å²) in [5.41, 5.74) is 0.709. The lowest BCUT2D eigenvalue weighted by Gasteiger charge is -2.34. The predicted octanol–water partition coefficient (Wildman–Crippen LogP) is 1.02. The molecular formula is C14H22N4O. The number of hydrogen-bond acceptors (Lipinski definition) is 3. The minimum atomic E-state index is 0.154. The number of aryl methyl sites for hydroxylation is 1. The summed E-state index contributed by atoms with van der Waals surface area (Å²) in [6, 6.07) is 2.25. The molecule has 0 bridgehead atoms. The Kier molecular flexibility index (Phi) is 3.55. The zero-order valence-corrected chi connectivity index (χ0v) is 11.5. The highest BCUT2D eigenvalue weighted by molar-refractivity contribution is 5.92. The van der Waals surface area contributed by atoms with Gasteiger partial charge in [0.2, 0.25) is 0 Å². The topological polar surface area (TPSA) is 50.2 Å². The third-order valence-electron chi connectivity index (χ3n) is 4.53. The van der Waals surface area contributed by atoms with E-state index in [1.54, 1.807) is 10.9 Å². The molecule has 2 saturated heterocycles. The van der Waals surface area contributed by atoms with Crippen LogP contribution in [-0.2, 0) is 7.05 Å². The molecule has 104 valence electrons. The van der Waals surface area contributed by atoms with Crippen molar-refractivity contribution in [3.8, 4) is 0 Å². The van der Waals surface area contributed by atoms with Crippen LogP contribution in [0.3, 0.4) is 0 Å². The molecule has 5 heteroatoms. The van der Waals surface area contributed by atoms with E-state index in [4.69, 9.17) is 0 Å². The molecular weight excluding hydrogens is 240 g/mol. The fourth-order valence-electron chi connectivity index (χ4n) is 3.49. The first-order chi connectivity index (χ1) is 9.27. The Morgan fingerprint density at radius 3 is 2.84 bits per heavy atom. The van der Waals surface area contributed by atoms with Crippen molar-refractivity contribution < 1.29 is 4.79 Å². The molecule has 0 aliphatic carbocycles. The van der Waals surface area contributed by atoms with Crippen LogP contribution in [-0.4, -0.2) is 46.3 Å². The molecule has 3 heterocycles. The molecule has 2 aliphatic heterocycles. The number of piperidine rings is 1. The molecule has 2 fully saturated rings. The molecule has 0 spiro atoms. The highest BCUT2D eigenvalue weighted by atomic mass is 16.2. The molecule has 1 amide bonds. The van der Waals surface area contributed by atoms with Crippen molar-refractivity contribution in [1.82, 2.24) is 20.0 Å². The van der Waals surface area contributed by atoms with E-state index in [1.165, 1.54) is 12.8 Å². The Hall–Kier alpha value is -1.36. The van der Waals surface area contributed by atoms with Crippen LogP contribution in [0.5, 0.6) is 0 Å². The summed E-state index contributed by atoms with van der Waals surface area (Å²) >= 11 is 0. The lowest BCUT2D eigenvalue weighted by atomic mass is 9.88. The van der Waals surface area contributed by atoms with Crippen LogP contribution in [0.15, 0.2) is 12.3 Å². The molecule has 0 aromatic carbocycles. The van der Waals surface area contributed by atoms with Crippen molar-refractivity contribution in [2.75, 3.05) is 19.6 Å². The molecule has 1 aromatic heterocycles. The summed E-state index contributed by atoms with van der Waals surface area (Å²) in [6.07, 6.45) is 6.38. The number of carbonyl (C=O) groups is 1. The van der Waals surface area contributed by atoms with E-state index >= 15 is 0 Å². The van der Waals surface area contributed by atoms with E-state index < -0.39 is 0 Å². The molecule has 2 aliphatic rings. The maximum Gasteiger partial charge on any atom is 0.272 e. The van der Waals surface area contributed by atoms with Gasteiger partial charge < -0.3 is 10.2 Å². The molecule has 1 aromatic rings. The van der Waals surface area contributed by atoms with Crippen LogP contribution < -0.4 is 5.32 Å². The van der Waals surface area contributed by atoms with Crippen LogP contribution in [0.4, 0.5) is 0 Å². The monoisotopic (exact) mass is 262 g/mol. The first-order valence-electron chi connectivity index (χ1n) is 7.27. The van der Waals surface area contributed by atoms with Crippen molar-refractivity contribution >= 4 is 5.91 Å². The second-order valence-electron chi connectivity index (χ2n) is 5.64. The van der Waals surface area contributed by atoms with Gasteiger partial charge in [-0.15, -0.1) is 0 Å². The van der Waals surface area contributed by atoms with Crippen LogP contribution in [0.25, 0.3) is 0 Å². The number of carbonyl (C=O) groups excluding carboxylic acids is 1. The standard InChI is InChI=1S/C14H22N4O/c1-17-13(6-9-16-17)14(19)18-10-2-3-12(18)11-4-7-15-8-5-11/h6,9,11-12,15H,2-5,7-8,10H2,1H3. The van der Waals surface area contributed by atoms with Gasteiger partial charge in [0, 0.05) is 25.8 Å². The second-order valence-corrected chi connectivity index (χ2v) is 5.64. The third kappa shape index (κ3) is 2.39. The van der Waals surface area contributed by atoms with E-state index in [9.17, 15) is 4.79 Å². The fourth-order valence-corrected chi connectivity index (χ4v) is 3.49. The normalized spacial score (nSPS) is 24.9. The smallest absolute Gasteiger partial charge is 0.272 e. The zero-order valence-electron chi connectivity index (χ0n) is 11.5. The van der Waals surface area contributed by atoms with Gasteiger partial charge in [-0.3, -0.25) is 9.48 Å². The number of rotatable bonds is 2. The van der Waals surface area contributed by atoms with Gasteiger partial charge in [-0.25, -0.2) is 0 Å².